The van der Waals surface area contributed by atoms with E-state index in [1.165, 1.54) is 12.1 Å². The molecule has 1 atom stereocenters. The minimum absolute atomic E-state index is 0.284. The van der Waals surface area contributed by atoms with E-state index >= 15 is 0 Å². The summed E-state index contributed by atoms with van der Waals surface area (Å²) >= 11 is 0. The number of benzene rings is 1. The Morgan fingerprint density at radius 1 is 1.23 bits per heavy atom. The molecule has 1 fully saturated rings. The van der Waals surface area contributed by atoms with Gasteiger partial charge in [-0.1, -0.05) is 6.42 Å². The van der Waals surface area contributed by atoms with Crippen LogP contribution in [-0.4, -0.2) is 28.6 Å². The maximum absolute atomic E-state index is 12.9. The number of carboxylic acid groups (broad SMARTS) is 1. The number of carbonyl (C=O) groups is 1. The Bertz CT molecular complexity index is 650. The first kappa shape index (κ1) is 14.8. The summed E-state index contributed by atoms with van der Waals surface area (Å²) in [4.78, 5) is 13.2. The Morgan fingerprint density at radius 2 is 2.00 bits per heavy atom. The fourth-order valence-electron chi connectivity index (χ4n) is 2.89. The van der Waals surface area contributed by atoms with E-state index in [0.717, 1.165) is 30.7 Å². The van der Waals surface area contributed by atoms with E-state index < -0.39 is 12.0 Å². The van der Waals surface area contributed by atoms with Gasteiger partial charge in [0.05, 0.1) is 6.54 Å². The standard InChI is InChI=1S/C17H18FNO3/c18-13-6-4-12(5-7-13)16-9-8-14(22-16)11-19-10-2-1-3-15(19)17(20)21/h4-9,15H,1-3,10-11H2,(H,20,21). The van der Waals surface area contributed by atoms with Gasteiger partial charge >= 0.3 is 5.97 Å². The van der Waals surface area contributed by atoms with Crippen LogP contribution in [0.2, 0.25) is 0 Å². The van der Waals surface area contributed by atoms with Crippen LogP contribution < -0.4 is 0 Å². The van der Waals surface area contributed by atoms with E-state index in [-0.39, 0.29) is 5.82 Å². The van der Waals surface area contributed by atoms with Crippen LogP contribution in [0.25, 0.3) is 11.3 Å². The lowest BCUT2D eigenvalue weighted by molar-refractivity contribution is -0.144. The van der Waals surface area contributed by atoms with Crippen LogP contribution in [0.1, 0.15) is 25.0 Å². The number of piperidine rings is 1. The number of furan rings is 1. The maximum Gasteiger partial charge on any atom is 0.320 e. The lowest BCUT2D eigenvalue weighted by Crippen LogP contribution is -2.43. The van der Waals surface area contributed by atoms with Crippen LogP contribution in [0.3, 0.4) is 0 Å². The number of halogens is 1. The van der Waals surface area contributed by atoms with Gasteiger partial charge in [-0.3, -0.25) is 9.69 Å². The third kappa shape index (κ3) is 3.20. The molecule has 0 saturated carbocycles. The number of likely N-dealkylation sites (tertiary alicyclic amines) is 1. The van der Waals surface area contributed by atoms with E-state index in [1.54, 1.807) is 12.1 Å². The van der Waals surface area contributed by atoms with Gasteiger partial charge < -0.3 is 9.52 Å². The number of aliphatic carboxylic acids is 1. The van der Waals surface area contributed by atoms with Crippen molar-refractivity contribution in [2.75, 3.05) is 6.54 Å². The van der Waals surface area contributed by atoms with Crippen LogP contribution in [0.5, 0.6) is 0 Å². The molecule has 1 N–H and O–H groups in total. The van der Waals surface area contributed by atoms with E-state index in [4.69, 9.17) is 4.42 Å². The second kappa shape index (κ2) is 6.32. The maximum atomic E-state index is 12.9. The first-order chi connectivity index (χ1) is 10.6. The molecule has 0 bridgehead atoms. The molecule has 2 heterocycles. The summed E-state index contributed by atoms with van der Waals surface area (Å²) in [5, 5.41) is 9.29. The second-order valence-electron chi connectivity index (χ2n) is 5.59. The van der Waals surface area contributed by atoms with Crippen LogP contribution in [0, 0.1) is 5.82 Å². The Balaban J connectivity index is 1.73. The summed E-state index contributed by atoms with van der Waals surface area (Å²) in [5.74, 6) is 0.338. The van der Waals surface area contributed by atoms with Crippen LogP contribution >= 0.6 is 0 Å². The molecule has 1 aromatic heterocycles. The van der Waals surface area contributed by atoms with E-state index in [2.05, 4.69) is 0 Å². The van der Waals surface area contributed by atoms with Crippen LogP contribution in [-0.2, 0) is 11.3 Å². The Hall–Kier alpha value is -2.14. The number of rotatable bonds is 4. The Morgan fingerprint density at radius 3 is 2.73 bits per heavy atom. The van der Waals surface area contributed by atoms with Gasteiger partial charge in [0.1, 0.15) is 23.4 Å². The molecule has 1 aliphatic rings. The molecule has 1 aromatic carbocycles. The first-order valence-electron chi connectivity index (χ1n) is 7.45. The average Bonchev–Trinajstić information content (AvgIpc) is 2.97. The average molecular weight is 303 g/mol. The van der Waals surface area contributed by atoms with Crippen molar-refractivity contribution in [3.8, 4) is 11.3 Å². The molecule has 0 radical (unpaired) electrons. The Kier molecular flexibility index (Phi) is 4.24. The fourth-order valence-corrected chi connectivity index (χ4v) is 2.89. The van der Waals surface area contributed by atoms with Gasteiger partial charge in [-0.2, -0.15) is 0 Å². The van der Waals surface area contributed by atoms with Gasteiger partial charge in [0.2, 0.25) is 0 Å². The van der Waals surface area contributed by atoms with Crippen molar-refractivity contribution in [1.29, 1.82) is 0 Å². The van der Waals surface area contributed by atoms with E-state index in [9.17, 15) is 14.3 Å². The minimum atomic E-state index is -0.773. The number of hydrogen-bond acceptors (Lipinski definition) is 3. The third-order valence-electron chi connectivity index (χ3n) is 4.05. The van der Waals surface area contributed by atoms with Gasteiger partial charge in [0.25, 0.3) is 0 Å². The van der Waals surface area contributed by atoms with Crippen molar-refractivity contribution in [2.45, 2.75) is 31.8 Å². The van der Waals surface area contributed by atoms with Crippen molar-refractivity contribution in [3.63, 3.8) is 0 Å². The van der Waals surface area contributed by atoms with Crippen molar-refractivity contribution in [2.24, 2.45) is 0 Å². The smallest absolute Gasteiger partial charge is 0.320 e. The lowest BCUT2D eigenvalue weighted by atomic mass is 10.0. The molecule has 2 aromatic rings. The molecule has 1 saturated heterocycles. The van der Waals surface area contributed by atoms with Crippen molar-refractivity contribution >= 4 is 5.97 Å². The summed E-state index contributed by atoms with van der Waals surface area (Å²) in [6.07, 6.45) is 2.64. The highest BCUT2D eigenvalue weighted by molar-refractivity contribution is 5.73. The SMILES string of the molecule is O=C(O)C1CCCCN1Cc1ccc(-c2ccc(F)cc2)o1. The molecule has 1 aliphatic heterocycles. The van der Waals surface area contributed by atoms with E-state index in [0.29, 0.717) is 18.7 Å². The number of carboxylic acids is 1. The summed E-state index contributed by atoms with van der Waals surface area (Å²) in [6.45, 7) is 1.25. The summed E-state index contributed by atoms with van der Waals surface area (Å²) in [5.41, 5.74) is 0.807. The highest BCUT2D eigenvalue weighted by Crippen LogP contribution is 2.25. The molecule has 1 unspecified atom stereocenters. The molecular weight excluding hydrogens is 285 g/mol. The molecule has 0 aliphatic carbocycles. The normalized spacial score (nSPS) is 19.2. The molecule has 4 nitrogen and oxygen atoms in total. The molecule has 116 valence electrons. The van der Waals surface area contributed by atoms with Crippen molar-refractivity contribution < 1.29 is 18.7 Å². The zero-order valence-electron chi connectivity index (χ0n) is 12.2. The zero-order valence-corrected chi connectivity index (χ0v) is 12.2. The largest absolute Gasteiger partial charge is 0.480 e. The summed E-state index contributed by atoms with van der Waals surface area (Å²) in [6, 6.07) is 9.37. The second-order valence-corrected chi connectivity index (χ2v) is 5.59. The third-order valence-corrected chi connectivity index (χ3v) is 4.05. The predicted molar refractivity (Wildman–Crippen MR) is 79.8 cm³/mol. The van der Waals surface area contributed by atoms with Gasteiger partial charge in [-0.05, 0) is 55.8 Å². The molecule has 22 heavy (non-hydrogen) atoms. The van der Waals surface area contributed by atoms with Gasteiger partial charge in [-0.15, -0.1) is 0 Å². The van der Waals surface area contributed by atoms with Gasteiger partial charge in [0.15, 0.2) is 0 Å². The zero-order chi connectivity index (χ0) is 15.5. The Labute approximate surface area is 128 Å². The molecule has 5 heteroatoms. The minimum Gasteiger partial charge on any atom is -0.480 e. The molecular formula is C17H18FNO3. The molecule has 3 rings (SSSR count). The van der Waals surface area contributed by atoms with Gasteiger partial charge in [-0.25, -0.2) is 4.39 Å². The van der Waals surface area contributed by atoms with E-state index in [1.807, 2.05) is 17.0 Å². The summed E-state index contributed by atoms with van der Waals surface area (Å²) in [7, 11) is 0. The van der Waals surface area contributed by atoms with Crippen LogP contribution in [0.15, 0.2) is 40.8 Å². The number of hydrogen-bond donors (Lipinski definition) is 1. The van der Waals surface area contributed by atoms with Crippen molar-refractivity contribution in [3.05, 3.63) is 48.0 Å². The molecule has 0 amide bonds. The highest BCUT2D eigenvalue weighted by Gasteiger charge is 2.28. The molecule has 0 spiro atoms. The highest BCUT2D eigenvalue weighted by atomic mass is 19.1. The number of nitrogens with zero attached hydrogens (tertiary/aromatic N) is 1. The quantitative estimate of drug-likeness (QED) is 0.939. The monoisotopic (exact) mass is 303 g/mol. The predicted octanol–water partition coefficient (Wildman–Crippen LogP) is 3.52. The van der Waals surface area contributed by atoms with Crippen molar-refractivity contribution in [1.82, 2.24) is 4.90 Å². The summed E-state index contributed by atoms with van der Waals surface area (Å²) < 4.78 is 18.7. The fraction of sp³-hybridized carbons (Fsp3) is 0.353. The lowest BCUT2D eigenvalue weighted by Gasteiger charge is -2.31. The first-order valence-corrected chi connectivity index (χ1v) is 7.45. The topological polar surface area (TPSA) is 53.7 Å². The van der Waals surface area contributed by atoms with Crippen LogP contribution in [0.4, 0.5) is 4.39 Å². The van der Waals surface area contributed by atoms with Gasteiger partial charge in [0, 0.05) is 5.56 Å².